The highest BCUT2D eigenvalue weighted by Crippen LogP contribution is 1.99. The second-order valence-corrected chi connectivity index (χ2v) is 3.62. The van der Waals surface area contributed by atoms with E-state index in [4.69, 9.17) is 10.4 Å². The van der Waals surface area contributed by atoms with Crippen LogP contribution >= 0.6 is 0 Å². The Morgan fingerprint density at radius 1 is 1.47 bits per heavy atom. The van der Waals surface area contributed by atoms with Crippen LogP contribution < -0.4 is 5.32 Å². The number of rotatable bonds is 7. The van der Waals surface area contributed by atoms with Gasteiger partial charge < -0.3 is 15.3 Å². The Hall–Kier alpha value is -1.77. The molecule has 2 N–H and O–H groups in total. The minimum atomic E-state index is -1.03. The molecule has 2 amide bonds. The van der Waals surface area contributed by atoms with Gasteiger partial charge in [0.2, 0.25) is 0 Å². The minimum Gasteiger partial charge on any atom is -0.480 e. The number of nitrogens with one attached hydrogen (secondary N) is 1. The van der Waals surface area contributed by atoms with Gasteiger partial charge in [0.25, 0.3) is 0 Å². The van der Waals surface area contributed by atoms with Crippen molar-refractivity contribution in [1.82, 2.24) is 10.2 Å². The number of carbonyl (C=O) groups is 2. The van der Waals surface area contributed by atoms with E-state index in [1.165, 1.54) is 4.90 Å². The standard InChI is InChI=1S/C11H19N3O3/c1-3-6-9(10(15)16)13-11(17)14(4-2)8-5-7-12/h9H,3-6,8H2,1-2H3,(H,13,17)(H,15,16). The lowest BCUT2D eigenvalue weighted by molar-refractivity contribution is -0.139. The quantitative estimate of drug-likeness (QED) is 0.700. The molecule has 0 fully saturated rings. The SMILES string of the molecule is CCCC(NC(=O)N(CC)CCC#N)C(=O)O. The highest BCUT2D eigenvalue weighted by Gasteiger charge is 2.21. The van der Waals surface area contributed by atoms with Crippen LogP contribution in [0, 0.1) is 11.3 Å². The topological polar surface area (TPSA) is 93.4 Å². The van der Waals surface area contributed by atoms with Crippen LogP contribution in [0.15, 0.2) is 0 Å². The Morgan fingerprint density at radius 3 is 2.53 bits per heavy atom. The van der Waals surface area contributed by atoms with Crippen LogP contribution in [0.25, 0.3) is 0 Å². The average molecular weight is 241 g/mol. The fourth-order valence-corrected chi connectivity index (χ4v) is 1.37. The number of nitrogens with zero attached hydrogens (tertiary/aromatic N) is 2. The monoisotopic (exact) mass is 241 g/mol. The minimum absolute atomic E-state index is 0.243. The average Bonchev–Trinajstić information content (AvgIpc) is 2.29. The Labute approximate surface area is 101 Å². The van der Waals surface area contributed by atoms with Crippen molar-refractivity contribution in [3.8, 4) is 6.07 Å². The van der Waals surface area contributed by atoms with Gasteiger partial charge >= 0.3 is 12.0 Å². The molecule has 0 bridgehead atoms. The van der Waals surface area contributed by atoms with Crippen LogP contribution in [0.4, 0.5) is 4.79 Å². The second kappa shape index (κ2) is 8.39. The number of carbonyl (C=O) groups excluding carboxylic acids is 1. The van der Waals surface area contributed by atoms with E-state index in [9.17, 15) is 9.59 Å². The molecule has 0 aliphatic heterocycles. The van der Waals surface area contributed by atoms with E-state index in [2.05, 4.69) is 5.32 Å². The van der Waals surface area contributed by atoms with Gasteiger partial charge in [-0.05, 0) is 13.3 Å². The third-order valence-electron chi connectivity index (χ3n) is 2.34. The van der Waals surface area contributed by atoms with E-state index in [1.807, 2.05) is 13.0 Å². The van der Waals surface area contributed by atoms with Gasteiger partial charge in [0.05, 0.1) is 12.5 Å². The predicted octanol–water partition coefficient (Wildman–Crippen LogP) is 1.18. The Kier molecular flexibility index (Phi) is 7.52. The van der Waals surface area contributed by atoms with Crippen molar-refractivity contribution in [3.05, 3.63) is 0 Å². The summed E-state index contributed by atoms with van der Waals surface area (Å²) < 4.78 is 0. The van der Waals surface area contributed by atoms with Crippen LogP contribution in [0.1, 0.15) is 33.1 Å². The smallest absolute Gasteiger partial charge is 0.326 e. The first-order valence-corrected chi connectivity index (χ1v) is 5.71. The first-order chi connectivity index (χ1) is 8.06. The van der Waals surface area contributed by atoms with Gasteiger partial charge in [0, 0.05) is 13.1 Å². The van der Waals surface area contributed by atoms with Crippen molar-refractivity contribution in [1.29, 1.82) is 5.26 Å². The van der Waals surface area contributed by atoms with Crippen molar-refractivity contribution in [2.45, 2.75) is 39.2 Å². The molecule has 1 unspecified atom stereocenters. The lowest BCUT2D eigenvalue weighted by Crippen LogP contribution is -2.48. The summed E-state index contributed by atoms with van der Waals surface area (Å²) in [4.78, 5) is 24.0. The van der Waals surface area contributed by atoms with Crippen LogP contribution in [0.3, 0.4) is 0 Å². The number of carboxylic acids is 1. The maximum Gasteiger partial charge on any atom is 0.326 e. The molecule has 0 rings (SSSR count). The molecule has 0 aliphatic carbocycles. The van der Waals surface area contributed by atoms with Gasteiger partial charge in [-0.3, -0.25) is 0 Å². The first kappa shape index (κ1) is 15.2. The molecule has 0 saturated carbocycles. The van der Waals surface area contributed by atoms with E-state index in [1.54, 1.807) is 6.92 Å². The summed E-state index contributed by atoms with van der Waals surface area (Å²) in [7, 11) is 0. The van der Waals surface area contributed by atoms with E-state index in [-0.39, 0.29) is 6.42 Å². The van der Waals surface area contributed by atoms with E-state index in [0.717, 1.165) is 0 Å². The van der Waals surface area contributed by atoms with E-state index < -0.39 is 18.0 Å². The summed E-state index contributed by atoms with van der Waals surface area (Å²) in [5.41, 5.74) is 0. The van der Waals surface area contributed by atoms with Crippen molar-refractivity contribution >= 4 is 12.0 Å². The molecule has 0 saturated heterocycles. The zero-order valence-electron chi connectivity index (χ0n) is 10.3. The molecule has 0 aromatic heterocycles. The normalized spacial score (nSPS) is 11.4. The third-order valence-corrected chi connectivity index (χ3v) is 2.34. The highest BCUT2D eigenvalue weighted by molar-refractivity contribution is 5.82. The van der Waals surface area contributed by atoms with Crippen molar-refractivity contribution in [3.63, 3.8) is 0 Å². The maximum absolute atomic E-state index is 11.7. The number of hydrogen-bond donors (Lipinski definition) is 2. The summed E-state index contributed by atoms with van der Waals surface area (Å²) >= 11 is 0. The first-order valence-electron chi connectivity index (χ1n) is 5.71. The number of aliphatic carboxylic acids is 1. The van der Waals surface area contributed by atoms with Gasteiger partial charge in [-0.1, -0.05) is 13.3 Å². The molecular weight excluding hydrogens is 222 g/mol. The lowest BCUT2D eigenvalue weighted by Gasteiger charge is -2.22. The predicted molar refractivity (Wildman–Crippen MR) is 62.3 cm³/mol. The lowest BCUT2D eigenvalue weighted by atomic mass is 10.2. The van der Waals surface area contributed by atoms with Crippen LogP contribution in [-0.4, -0.2) is 41.1 Å². The summed E-state index contributed by atoms with van der Waals surface area (Å²) in [6, 6.07) is 0.666. The molecule has 0 radical (unpaired) electrons. The summed E-state index contributed by atoms with van der Waals surface area (Å²) in [6.07, 6.45) is 1.32. The zero-order chi connectivity index (χ0) is 13.3. The molecule has 17 heavy (non-hydrogen) atoms. The van der Waals surface area contributed by atoms with E-state index >= 15 is 0 Å². The van der Waals surface area contributed by atoms with Gasteiger partial charge in [-0.25, -0.2) is 9.59 Å². The fourth-order valence-electron chi connectivity index (χ4n) is 1.37. The Morgan fingerprint density at radius 2 is 2.12 bits per heavy atom. The van der Waals surface area contributed by atoms with Crippen molar-refractivity contribution in [2.75, 3.05) is 13.1 Å². The Bertz CT molecular complexity index is 299. The molecule has 1 atom stereocenters. The van der Waals surface area contributed by atoms with Gasteiger partial charge in [-0.2, -0.15) is 5.26 Å². The maximum atomic E-state index is 11.7. The van der Waals surface area contributed by atoms with Crippen LogP contribution in [0.2, 0.25) is 0 Å². The zero-order valence-corrected chi connectivity index (χ0v) is 10.3. The summed E-state index contributed by atoms with van der Waals surface area (Å²) in [6.45, 7) is 4.41. The van der Waals surface area contributed by atoms with Crippen molar-refractivity contribution < 1.29 is 14.7 Å². The second-order valence-electron chi connectivity index (χ2n) is 3.62. The molecule has 6 nitrogen and oxygen atoms in total. The van der Waals surface area contributed by atoms with Gasteiger partial charge in [0.1, 0.15) is 6.04 Å². The number of carboxylic acid groups (broad SMARTS) is 1. The Balaban J connectivity index is 4.36. The fraction of sp³-hybridized carbons (Fsp3) is 0.727. The van der Waals surface area contributed by atoms with Crippen LogP contribution in [0.5, 0.6) is 0 Å². The molecular formula is C11H19N3O3. The largest absolute Gasteiger partial charge is 0.480 e. The number of hydrogen-bond acceptors (Lipinski definition) is 3. The molecule has 0 aromatic rings. The van der Waals surface area contributed by atoms with Crippen LogP contribution in [-0.2, 0) is 4.79 Å². The van der Waals surface area contributed by atoms with Gasteiger partial charge in [0.15, 0.2) is 0 Å². The van der Waals surface area contributed by atoms with Crippen molar-refractivity contribution in [2.24, 2.45) is 0 Å². The molecule has 6 heteroatoms. The number of amides is 2. The molecule has 0 spiro atoms. The van der Waals surface area contributed by atoms with E-state index in [0.29, 0.717) is 25.9 Å². The number of nitriles is 1. The molecule has 0 aromatic carbocycles. The molecule has 0 heterocycles. The summed E-state index contributed by atoms with van der Waals surface area (Å²) in [5, 5.41) is 19.8. The number of urea groups is 1. The molecule has 96 valence electrons. The van der Waals surface area contributed by atoms with Gasteiger partial charge in [-0.15, -0.1) is 0 Å². The highest BCUT2D eigenvalue weighted by atomic mass is 16.4. The molecule has 0 aliphatic rings. The third kappa shape index (κ3) is 5.76. The summed E-state index contributed by atoms with van der Waals surface area (Å²) in [5.74, 6) is -1.03.